The van der Waals surface area contributed by atoms with Gasteiger partial charge >= 0.3 is 5.97 Å². The maximum Gasteiger partial charge on any atom is 0.346 e. The topological polar surface area (TPSA) is 57.5 Å². The normalized spacial score (nSPS) is 13.9. The molecule has 2 N–H and O–H groups in total. The fourth-order valence-corrected chi connectivity index (χ4v) is 5.47. The number of alkyl halides is 1. The molecule has 0 aliphatic rings. The molecule has 1 rings (SSSR count). The van der Waals surface area contributed by atoms with E-state index in [1.807, 2.05) is 41.5 Å². The van der Waals surface area contributed by atoms with Gasteiger partial charge in [-0.05, 0) is 46.9 Å². The molecular weight excluding hydrogens is 487 g/mol. The van der Waals surface area contributed by atoms with Gasteiger partial charge in [-0.15, -0.1) is 0 Å². The maximum absolute atomic E-state index is 16.1. The monoisotopic (exact) mass is 548 g/mol. The van der Waals surface area contributed by atoms with Gasteiger partial charge in [-0.25, -0.2) is 9.18 Å². The highest BCUT2D eigenvalue weighted by Gasteiger charge is 2.42. The van der Waals surface area contributed by atoms with Crippen LogP contribution in [0.1, 0.15) is 181 Å². The Morgan fingerprint density at radius 3 is 1.23 bits per heavy atom. The number of aliphatic carboxylic acids is 1. The van der Waals surface area contributed by atoms with Gasteiger partial charge in [-0.2, -0.15) is 0 Å². The van der Waals surface area contributed by atoms with Gasteiger partial charge in [0, 0.05) is 5.56 Å². The highest BCUT2D eigenvalue weighted by molar-refractivity contribution is 5.80. The van der Waals surface area contributed by atoms with Crippen molar-refractivity contribution in [2.24, 2.45) is 0 Å². The molecule has 0 spiro atoms. The molecule has 1 aromatic carbocycles. The van der Waals surface area contributed by atoms with Gasteiger partial charge in [0.1, 0.15) is 5.75 Å². The highest BCUT2D eigenvalue weighted by atomic mass is 19.1. The van der Waals surface area contributed by atoms with Gasteiger partial charge in [0.05, 0.1) is 0 Å². The molecule has 0 saturated heterocycles. The van der Waals surface area contributed by atoms with E-state index in [0.29, 0.717) is 17.5 Å². The molecule has 0 fully saturated rings. The molecule has 3 nitrogen and oxygen atoms in total. The standard InChI is InChI=1S/C35H61FO3/c1-8-9-10-11-12-13-14-15-16-17-18-19-20-21-22-23-24-25-35(36,32(38)39)28-26-29(33(2,3)4)31(37)30(27-28)34(5,6)7/h26-27,37H,8-25H2,1-7H3,(H,38,39). The van der Waals surface area contributed by atoms with Crippen molar-refractivity contribution < 1.29 is 19.4 Å². The summed E-state index contributed by atoms with van der Waals surface area (Å²) in [6, 6.07) is 3.15. The van der Waals surface area contributed by atoms with Crippen LogP contribution < -0.4 is 0 Å². The van der Waals surface area contributed by atoms with Crippen LogP contribution in [0, 0.1) is 0 Å². The van der Waals surface area contributed by atoms with Crippen LogP contribution in [-0.4, -0.2) is 16.2 Å². The van der Waals surface area contributed by atoms with Crippen LogP contribution in [0.15, 0.2) is 12.1 Å². The molecule has 39 heavy (non-hydrogen) atoms. The number of carboxylic acids is 1. The number of unbranched alkanes of at least 4 members (excludes halogenated alkanes) is 16. The zero-order valence-corrected chi connectivity index (χ0v) is 26.6. The lowest BCUT2D eigenvalue weighted by Crippen LogP contribution is -2.32. The first-order chi connectivity index (χ1) is 18.2. The number of hydrogen-bond donors (Lipinski definition) is 2. The summed E-state index contributed by atoms with van der Waals surface area (Å²) in [6.07, 6.45) is 21.0. The molecule has 0 amide bonds. The molecule has 0 radical (unpaired) electrons. The lowest BCUT2D eigenvalue weighted by atomic mass is 9.76. The highest BCUT2D eigenvalue weighted by Crippen LogP contribution is 2.44. The zero-order valence-electron chi connectivity index (χ0n) is 26.6. The molecule has 4 heteroatoms. The molecule has 0 saturated carbocycles. The van der Waals surface area contributed by atoms with Crippen molar-refractivity contribution >= 4 is 5.97 Å². The summed E-state index contributed by atoms with van der Waals surface area (Å²) in [4.78, 5) is 12.2. The Morgan fingerprint density at radius 1 is 0.641 bits per heavy atom. The first-order valence-electron chi connectivity index (χ1n) is 16.1. The first kappa shape index (κ1) is 35.4. The summed E-state index contributed by atoms with van der Waals surface area (Å²) in [5.74, 6) is -1.30. The number of benzene rings is 1. The minimum atomic E-state index is -2.46. The minimum Gasteiger partial charge on any atom is -0.507 e. The Hall–Kier alpha value is -1.58. The SMILES string of the molecule is CCCCCCCCCCCCCCCCCCCC(F)(C(=O)O)c1cc(C(C)(C)C)c(O)c(C(C)(C)C)c1. The van der Waals surface area contributed by atoms with Gasteiger partial charge in [-0.1, -0.05) is 151 Å². The van der Waals surface area contributed by atoms with Crippen LogP contribution in [0.3, 0.4) is 0 Å². The van der Waals surface area contributed by atoms with Crippen molar-refractivity contribution in [1.82, 2.24) is 0 Å². The summed E-state index contributed by atoms with van der Waals surface area (Å²) >= 11 is 0. The van der Waals surface area contributed by atoms with E-state index >= 15 is 4.39 Å². The predicted octanol–water partition coefficient (Wildman–Crippen LogP) is 11.3. The number of rotatable bonds is 20. The Morgan fingerprint density at radius 2 is 0.949 bits per heavy atom. The van der Waals surface area contributed by atoms with Gasteiger partial charge < -0.3 is 10.2 Å². The average Bonchev–Trinajstić information content (AvgIpc) is 2.84. The van der Waals surface area contributed by atoms with Crippen LogP contribution in [0.5, 0.6) is 5.75 Å². The van der Waals surface area contributed by atoms with E-state index in [-0.39, 0.29) is 17.7 Å². The largest absolute Gasteiger partial charge is 0.507 e. The van der Waals surface area contributed by atoms with Crippen LogP contribution in [0.2, 0.25) is 0 Å². The van der Waals surface area contributed by atoms with Gasteiger partial charge in [-0.3, -0.25) is 0 Å². The quantitative estimate of drug-likeness (QED) is 0.159. The lowest BCUT2D eigenvalue weighted by molar-refractivity contribution is -0.152. The molecule has 1 atom stereocenters. The second-order valence-electron chi connectivity index (χ2n) is 13.9. The second kappa shape index (κ2) is 17.3. The zero-order chi connectivity index (χ0) is 29.5. The fourth-order valence-electron chi connectivity index (χ4n) is 5.47. The predicted molar refractivity (Wildman–Crippen MR) is 165 cm³/mol. The van der Waals surface area contributed by atoms with E-state index in [9.17, 15) is 15.0 Å². The number of carbonyl (C=O) groups is 1. The summed E-state index contributed by atoms with van der Waals surface area (Å²) in [7, 11) is 0. The minimum absolute atomic E-state index is 0.0428. The molecule has 226 valence electrons. The van der Waals surface area contributed by atoms with E-state index in [1.54, 1.807) is 12.1 Å². The molecule has 0 aliphatic heterocycles. The van der Waals surface area contributed by atoms with Crippen LogP contribution in [0.4, 0.5) is 4.39 Å². The van der Waals surface area contributed by atoms with Crippen molar-refractivity contribution in [2.45, 2.75) is 181 Å². The van der Waals surface area contributed by atoms with Crippen molar-refractivity contribution in [3.8, 4) is 5.75 Å². The number of carboxylic acid groups (broad SMARTS) is 1. The van der Waals surface area contributed by atoms with Crippen molar-refractivity contribution in [1.29, 1.82) is 0 Å². The van der Waals surface area contributed by atoms with Gasteiger partial charge in [0.2, 0.25) is 5.67 Å². The van der Waals surface area contributed by atoms with E-state index in [1.165, 1.54) is 83.5 Å². The summed E-state index contributed by atoms with van der Waals surface area (Å²) < 4.78 is 16.1. The first-order valence-corrected chi connectivity index (χ1v) is 16.1. The van der Waals surface area contributed by atoms with Crippen molar-refractivity contribution in [3.05, 3.63) is 28.8 Å². The third-order valence-corrected chi connectivity index (χ3v) is 8.15. The van der Waals surface area contributed by atoms with Crippen molar-refractivity contribution in [3.63, 3.8) is 0 Å². The summed E-state index contributed by atoms with van der Waals surface area (Å²) in [5, 5.41) is 20.9. The Bertz CT molecular complexity index is 798. The van der Waals surface area contributed by atoms with E-state index < -0.39 is 22.5 Å². The molecule has 0 bridgehead atoms. The molecule has 0 aromatic heterocycles. The Balaban J connectivity index is 2.44. The fraction of sp³-hybridized carbons (Fsp3) is 0.800. The van der Waals surface area contributed by atoms with E-state index in [2.05, 4.69) is 6.92 Å². The van der Waals surface area contributed by atoms with Gasteiger partial charge in [0.25, 0.3) is 0 Å². The smallest absolute Gasteiger partial charge is 0.346 e. The number of aromatic hydroxyl groups is 1. The Labute approximate surface area is 240 Å². The number of phenols is 1. The molecule has 1 aromatic rings. The average molecular weight is 549 g/mol. The number of phenolic OH excluding ortho intramolecular Hbond substituents is 1. The number of hydrogen-bond acceptors (Lipinski definition) is 2. The lowest BCUT2D eigenvalue weighted by Gasteiger charge is -2.31. The third kappa shape index (κ3) is 12.6. The molecule has 1 unspecified atom stereocenters. The van der Waals surface area contributed by atoms with Crippen LogP contribution in [-0.2, 0) is 21.3 Å². The Kier molecular flexibility index (Phi) is 15.7. The molecule has 0 aliphatic carbocycles. The number of halogens is 1. The summed E-state index contributed by atoms with van der Waals surface area (Å²) in [6.45, 7) is 14.0. The van der Waals surface area contributed by atoms with Crippen LogP contribution >= 0.6 is 0 Å². The van der Waals surface area contributed by atoms with Crippen LogP contribution in [0.25, 0.3) is 0 Å². The van der Waals surface area contributed by atoms with E-state index in [0.717, 1.165) is 19.3 Å². The van der Waals surface area contributed by atoms with Gasteiger partial charge in [0.15, 0.2) is 0 Å². The second-order valence-corrected chi connectivity index (χ2v) is 13.9. The third-order valence-electron chi connectivity index (χ3n) is 8.15. The maximum atomic E-state index is 16.1. The van der Waals surface area contributed by atoms with E-state index in [4.69, 9.17) is 0 Å². The van der Waals surface area contributed by atoms with Crippen molar-refractivity contribution in [2.75, 3.05) is 0 Å². The molecular formula is C35H61FO3. The summed E-state index contributed by atoms with van der Waals surface area (Å²) in [5.41, 5.74) is -1.99. The molecule has 0 heterocycles.